The standard InChI is InChI=1S/C21H20N4O2/c1-14-6-8-15(9-7-14)19-12-25(24-23-19)11-16-10-21(13-27-16)17-4-2-3-5-18(17)22-20(21)26/h2-9,12,16H,10-11,13H2,1H3,(H,22,26). The molecule has 136 valence electrons. The second kappa shape index (κ2) is 6.03. The Bertz CT molecular complexity index is 1010. The van der Waals surface area contributed by atoms with E-state index in [1.165, 1.54) is 5.56 Å². The smallest absolute Gasteiger partial charge is 0.237 e. The number of nitrogens with one attached hydrogen (secondary N) is 1. The van der Waals surface area contributed by atoms with Gasteiger partial charge in [-0.1, -0.05) is 53.2 Å². The first kappa shape index (κ1) is 16.2. The van der Waals surface area contributed by atoms with Crippen LogP contribution in [0.2, 0.25) is 0 Å². The minimum atomic E-state index is -0.582. The van der Waals surface area contributed by atoms with Crippen LogP contribution >= 0.6 is 0 Å². The van der Waals surface area contributed by atoms with E-state index in [2.05, 4.69) is 34.7 Å². The third kappa shape index (κ3) is 2.64. The predicted octanol–water partition coefficient (Wildman–Crippen LogP) is 2.93. The zero-order valence-electron chi connectivity index (χ0n) is 15.1. The van der Waals surface area contributed by atoms with Gasteiger partial charge in [-0.3, -0.25) is 4.79 Å². The quantitative estimate of drug-likeness (QED) is 0.780. The molecule has 2 aliphatic heterocycles. The fourth-order valence-electron chi connectivity index (χ4n) is 4.06. The number of anilines is 1. The van der Waals surface area contributed by atoms with E-state index >= 15 is 0 Å². The largest absolute Gasteiger partial charge is 0.375 e. The second-order valence-corrected chi connectivity index (χ2v) is 7.41. The van der Waals surface area contributed by atoms with Crippen LogP contribution in [0.5, 0.6) is 0 Å². The number of aryl methyl sites for hydroxylation is 1. The molecule has 2 atom stereocenters. The topological polar surface area (TPSA) is 69.0 Å². The molecule has 1 saturated heterocycles. The summed E-state index contributed by atoms with van der Waals surface area (Å²) < 4.78 is 7.81. The lowest BCUT2D eigenvalue weighted by atomic mass is 9.79. The van der Waals surface area contributed by atoms with Gasteiger partial charge in [-0.25, -0.2) is 4.68 Å². The van der Waals surface area contributed by atoms with Crippen LogP contribution < -0.4 is 5.32 Å². The Kier molecular flexibility index (Phi) is 3.62. The Balaban J connectivity index is 1.34. The molecule has 1 amide bonds. The van der Waals surface area contributed by atoms with Gasteiger partial charge in [0, 0.05) is 11.3 Å². The molecule has 1 spiro atoms. The van der Waals surface area contributed by atoms with Crippen molar-refractivity contribution in [2.24, 2.45) is 0 Å². The van der Waals surface area contributed by atoms with Gasteiger partial charge >= 0.3 is 0 Å². The van der Waals surface area contributed by atoms with Crippen LogP contribution in [0, 0.1) is 6.92 Å². The molecule has 2 aliphatic rings. The molecule has 5 rings (SSSR count). The summed E-state index contributed by atoms with van der Waals surface area (Å²) in [4.78, 5) is 12.6. The molecule has 2 aromatic carbocycles. The number of para-hydroxylation sites is 1. The van der Waals surface area contributed by atoms with Gasteiger partial charge in [-0.15, -0.1) is 5.10 Å². The number of amides is 1. The number of ether oxygens (including phenoxy) is 1. The Morgan fingerprint density at radius 2 is 2.04 bits per heavy atom. The van der Waals surface area contributed by atoms with E-state index < -0.39 is 5.41 Å². The van der Waals surface area contributed by atoms with Gasteiger partial charge in [0.25, 0.3) is 0 Å². The van der Waals surface area contributed by atoms with Crippen molar-refractivity contribution in [3.8, 4) is 11.3 Å². The molecule has 27 heavy (non-hydrogen) atoms. The number of rotatable bonds is 3. The van der Waals surface area contributed by atoms with Gasteiger partial charge in [0.15, 0.2) is 0 Å². The van der Waals surface area contributed by atoms with Crippen molar-refractivity contribution in [2.45, 2.75) is 31.4 Å². The summed E-state index contributed by atoms with van der Waals surface area (Å²) in [5.41, 5.74) is 4.45. The average molecular weight is 360 g/mol. The zero-order valence-corrected chi connectivity index (χ0v) is 15.1. The summed E-state index contributed by atoms with van der Waals surface area (Å²) in [7, 11) is 0. The first-order valence-electron chi connectivity index (χ1n) is 9.14. The van der Waals surface area contributed by atoms with Crippen LogP contribution in [-0.2, 0) is 21.5 Å². The molecule has 6 nitrogen and oxygen atoms in total. The van der Waals surface area contributed by atoms with Gasteiger partial charge in [0.1, 0.15) is 11.1 Å². The fraction of sp³-hybridized carbons (Fsp3) is 0.286. The minimum absolute atomic E-state index is 0.0325. The van der Waals surface area contributed by atoms with Crippen molar-refractivity contribution in [3.63, 3.8) is 0 Å². The summed E-state index contributed by atoms with van der Waals surface area (Å²) in [6.07, 6.45) is 2.51. The monoisotopic (exact) mass is 360 g/mol. The number of benzene rings is 2. The summed E-state index contributed by atoms with van der Waals surface area (Å²) in [6.45, 7) is 3.04. The number of carbonyl (C=O) groups excluding carboxylic acids is 1. The lowest BCUT2D eigenvalue weighted by Crippen LogP contribution is -2.35. The maximum atomic E-state index is 12.6. The highest BCUT2D eigenvalue weighted by atomic mass is 16.5. The Morgan fingerprint density at radius 3 is 2.89 bits per heavy atom. The van der Waals surface area contributed by atoms with E-state index in [4.69, 9.17) is 4.74 Å². The molecule has 3 aromatic rings. The highest BCUT2D eigenvalue weighted by molar-refractivity contribution is 6.06. The van der Waals surface area contributed by atoms with Crippen molar-refractivity contribution < 1.29 is 9.53 Å². The van der Waals surface area contributed by atoms with Crippen LogP contribution in [0.15, 0.2) is 54.7 Å². The molecule has 2 unspecified atom stereocenters. The lowest BCUT2D eigenvalue weighted by Gasteiger charge is -2.19. The van der Waals surface area contributed by atoms with Crippen molar-refractivity contribution in [2.75, 3.05) is 11.9 Å². The summed E-state index contributed by atoms with van der Waals surface area (Å²) in [6, 6.07) is 16.1. The summed E-state index contributed by atoms with van der Waals surface area (Å²) in [5, 5.41) is 11.5. The Labute approximate surface area is 157 Å². The molecule has 6 heteroatoms. The molecular formula is C21H20N4O2. The summed E-state index contributed by atoms with van der Waals surface area (Å²) >= 11 is 0. The van der Waals surface area contributed by atoms with Crippen molar-refractivity contribution >= 4 is 11.6 Å². The molecular weight excluding hydrogens is 340 g/mol. The van der Waals surface area contributed by atoms with E-state index in [1.807, 2.05) is 42.6 Å². The third-order valence-corrected chi connectivity index (χ3v) is 5.54. The van der Waals surface area contributed by atoms with Crippen LogP contribution in [0.3, 0.4) is 0 Å². The van der Waals surface area contributed by atoms with E-state index in [9.17, 15) is 4.79 Å². The minimum Gasteiger partial charge on any atom is -0.375 e. The van der Waals surface area contributed by atoms with E-state index in [1.54, 1.807) is 4.68 Å². The number of nitrogens with zero attached hydrogens (tertiary/aromatic N) is 3. The van der Waals surface area contributed by atoms with E-state index in [0.717, 1.165) is 22.5 Å². The van der Waals surface area contributed by atoms with Gasteiger partial charge in [-0.2, -0.15) is 0 Å². The number of hydrogen-bond acceptors (Lipinski definition) is 4. The van der Waals surface area contributed by atoms with E-state index in [0.29, 0.717) is 19.6 Å². The summed E-state index contributed by atoms with van der Waals surface area (Å²) in [5.74, 6) is 0.0325. The second-order valence-electron chi connectivity index (χ2n) is 7.41. The van der Waals surface area contributed by atoms with Gasteiger partial charge < -0.3 is 10.1 Å². The molecule has 3 heterocycles. The van der Waals surface area contributed by atoms with Crippen molar-refractivity contribution in [1.29, 1.82) is 0 Å². The molecule has 0 bridgehead atoms. The highest BCUT2D eigenvalue weighted by Gasteiger charge is 2.52. The van der Waals surface area contributed by atoms with Crippen LogP contribution in [0.25, 0.3) is 11.3 Å². The maximum absolute atomic E-state index is 12.6. The maximum Gasteiger partial charge on any atom is 0.237 e. The van der Waals surface area contributed by atoms with Gasteiger partial charge in [0.05, 0.1) is 25.5 Å². The Morgan fingerprint density at radius 1 is 1.22 bits per heavy atom. The molecule has 0 radical (unpaired) electrons. The van der Waals surface area contributed by atoms with Crippen LogP contribution in [0.4, 0.5) is 5.69 Å². The normalized spacial score (nSPS) is 23.6. The van der Waals surface area contributed by atoms with Gasteiger partial charge in [-0.05, 0) is 25.0 Å². The van der Waals surface area contributed by atoms with Gasteiger partial charge in [0.2, 0.25) is 5.91 Å². The van der Waals surface area contributed by atoms with Crippen molar-refractivity contribution in [1.82, 2.24) is 15.0 Å². The third-order valence-electron chi connectivity index (χ3n) is 5.54. The molecule has 0 saturated carbocycles. The molecule has 1 aromatic heterocycles. The number of hydrogen-bond donors (Lipinski definition) is 1. The molecule has 1 fully saturated rings. The fourth-order valence-corrected chi connectivity index (χ4v) is 4.06. The number of aromatic nitrogens is 3. The highest BCUT2D eigenvalue weighted by Crippen LogP contribution is 2.45. The SMILES string of the molecule is Cc1ccc(-c2cn(CC3CC4(CO3)C(=O)Nc3ccccc34)nn2)cc1. The first-order chi connectivity index (χ1) is 13.1. The predicted molar refractivity (Wildman–Crippen MR) is 101 cm³/mol. The first-order valence-corrected chi connectivity index (χ1v) is 9.14. The lowest BCUT2D eigenvalue weighted by molar-refractivity contribution is -0.120. The van der Waals surface area contributed by atoms with Crippen molar-refractivity contribution in [3.05, 3.63) is 65.9 Å². The number of fused-ring (bicyclic) bond motifs is 2. The van der Waals surface area contributed by atoms with Crippen LogP contribution in [-0.4, -0.2) is 33.6 Å². The van der Waals surface area contributed by atoms with Crippen LogP contribution in [0.1, 0.15) is 17.5 Å². The van der Waals surface area contributed by atoms with E-state index in [-0.39, 0.29) is 12.0 Å². The molecule has 1 N–H and O–H groups in total. The molecule has 0 aliphatic carbocycles. The number of carbonyl (C=O) groups is 1. The average Bonchev–Trinajstić information content (AvgIpc) is 3.37. The Hall–Kier alpha value is -2.99. The zero-order chi connectivity index (χ0) is 18.4.